The number of anilines is 2. The lowest BCUT2D eigenvalue weighted by atomic mass is 9.99. The van der Waals surface area contributed by atoms with Crippen LogP contribution in [-0.4, -0.2) is 49.1 Å². The number of rotatable bonds is 3. The van der Waals surface area contributed by atoms with E-state index >= 15 is 0 Å². The molecule has 26 heavy (non-hydrogen) atoms. The quantitative estimate of drug-likeness (QED) is 0.915. The molecule has 0 saturated carbocycles. The van der Waals surface area contributed by atoms with Crippen molar-refractivity contribution in [1.29, 1.82) is 0 Å². The van der Waals surface area contributed by atoms with E-state index in [2.05, 4.69) is 15.3 Å². The Hall–Kier alpha value is -2.54. The van der Waals surface area contributed by atoms with Crippen LogP contribution in [0.15, 0.2) is 24.3 Å². The SMILES string of the molecule is CN1CCOc2ccc(C(=O)Nc3cc(C4CCCOC4)nn3C)cc21. The summed E-state index contributed by atoms with van der Waals surface area (Å²) in [6.07, 6.45) is 2.12. The number of nitrogens with one attached hydrogen (secondary N) is 1. The molecule has 7 heteroatoms. The average Bonchev–Trinajstić information content (AvgIpc) is 3.03. The Kier molecular flexibility index (Phi) is 4.55. The molecule has 138 valence electrons. The zero-order valence-electron chi connectivity index (χ0n) is 15.2. The van der Waals surface area contributed by atoms with Crippen molar-refractivity contribution in [2.75, 3.05) is 43.6 Å². The molecule has 1 amide bonds. The molecule has 1 aromatic carbocycles. The van der Waals surface area contributed by atoms with E-state index in [1.54, 1.807) is 10.7 Å². The van der Waals surface area contributed by atoms with Crippen molar-refractivity contribution in [1.82, 2.24) is 9.78 Å². The third-order valence-electron chi connectivity index (χ3n) is 5.04. The van der Waals surface area contributed by atoms with E-state index in [4.69, 9.17) is 9.47 Å². The van der Waals surface area contributed by atoms with Crippen molar-refractivity contribution in [3.8, 4) is 5.75 Å². The molecule has 1 fully saturated rings. The summed E-state index contributed by atoms with van der Waals surface area (Å²) in [5.74, 6) is 1.66. The van der Waals surface area contributed by atoms with Crippen LogP contribution in [0, 0.1) is 0 Å². The topological polar surface area (TPSA) is 68.6 Å². The summed E-state index contributed by atoms with van der Waals surface area (Å²) in [6.45, 7) is 3.00. The molecule has 4 rings (SSSR count). The van der Waals surface area contributed by atoms with Gasteiger partial charge in [-0.15, -0.1) is 0 Å². The predicted molar refractivity (Wildman–Crippen MR) is 99.2 cm³/mol. The number of hydrogen-bond donors (Lipinski definition) is 1. The highest BCUT2D eigenvalue weighted by Gasteiger charge is 2.21. The first kappa shape index (κ1) is 16.9. The summed E-state index contributed by atoms with van der Waals surface area (Å²) in [5.41, 5.74) is 2.51. The van der Waals surface area contributed by atoms with E-state index < -0.39 is 0 Å². The molecule has 2 aliphatic heterocycles. The molecule has 0 aliphatic carbocycles. The van der Waals surface area contributed by atoms with Gasteiger partial charge in [0, 0.05) is 38.2 Å². The Morgan fingerprint density at radius 2 is 2.15 bits per heavy atom. The van der Waals surface area contributed by atoms with Crippen molar-refractivity contribution in [3.05, 3.63) is 35.5 Å². The zero-order chi connectivity index (χ0) is 18.1. The highest BCUT2D eigenvalue weighted by Crippen LogP contribution is 2.32. The Bertz CT molecular complexity index is 811. The molecule has 2 aliphatic rings. The second kappa shape index (κ2) is 6.99. The summed E-state index contributed by atoms with van der Waals surface area (Å²) in [4.78, 5) is 14.8. The van der Waals surface area contributed by atoms with E-state index in [1.807, 2.05) is 32.3 Å². The number of benzene rings is 1. The summed E-state index contributed by atoms with van der Waals surface area (Å²) >= 11 is 0. The molecule has 1 saturated heterocycles. The van der Waals surface area contributed by atoms with Gasteiger partial charge in [-0.25, -0.2) is 0 Å². The second-order valence-electron chi connectivity index (χ2n) is 6.90. The van der Waals surface area contributed by atoms with E-state index in [-0.39, 0.29) is 5.91 Å². The van der Waals surface area contributed by atoms with Crippen LogP contribution >= 0.6 is 0 Å². The van der Waals surface area contributed by atoms with Gasteiger partial charge in [-0.2, -0.15) is 5.10 Å². The molecule has 1 atom stereocenters. The first-order valence-electron chi connectivity index (χ1n) is 9.03. The van der Waals surface area contributed by atoms with Crippen LogP contribution in [0.1, 0.15) is 34.8 Å². The number of hydrogen-bond acceptors (Lipinski definition) is 5. The highest BCUT2D eigenvalue weighted by molar-refractivity contribution is 6.04. The number of carbonyl (C=O) groups excluding carboxylic acids is 1. The number of ether oxygens (including phenoxy) is 2. The molecule has 3 heterocycles. The molecule has 0 bridgehead atoms. The lowest BCUT2D eigenvalue weighted by Gasteiger charge is -2.27. The van der Waals surface area contributed by atoms with Crippen LogP contribution in [0.2, 0.25) is 0 Å². The van der Waals surface area contributed by atoms with Gasteiger partial charge in [-0.1, -0.05) is 0 Å². The number of nitrogens with zero attached hydrogens (tertiary/aromatic N) is 3. The van der Waals surface area contributed by atoms with Crippen molar-refractivity contribution in [2.45, 2.75) is 18.8 Å². The van der Waals surface area contributed by atoms with E-state index in [1.165, 1.54) is 0 Å². The fraction of sp³-hybridized carbons (Fsp3) is 0.474. The van der Waals surface area contributed by atoms with Gasteiger partial charge in [0.05, 0.1) is 24.5 Å². The van der Waals surface area contributed by atoms with Crippen LogP contribution in [-0.2, 0) is 11.8 Å². The Labute approximate surface area is 152 Å². The van der Waals surface area contributed by atoms with Crippen LogP contribution in [0.5, 0.6) is 5.75 Å². The maximum absolute atomic E-state index is 12.7. The summed E-state index contributed by atoms with van der Waals surface area (Å²) in [7, 11) is 3.85. The number of carbonyl (C=O) groups is 1. The fourth-order valence-electron chi connectivity index (χ4n) is 3.46. The fourth-order valence-corrected chi connectivity index (χ4v) is 3.46. The standard InChI is InChI=1S/C19H24N4O3/c1-22-7-9-26-17-6-5-13(10-16(17)22)19(24)20-18-11-15(21-23(18)2)14-4-3-8-25-12-14/h5-6,10-11,14H,3-4,7-9,12H2,1-2H3,(H,20,24). The minimum atomic E-state index is -0.152. The van der Waals surface area contributed by atoms with Gasteiger partial charge in [0.2, 0.25) is 0 Å². The molecular weight excluding hydrogens is 332 g/mol. The molecule has 2 aromatic rings. The predicted octanol–water partition coefficient (Wildman–Crippen LogP) is 2.40. The normalized spacial score (nSPS) is 19.6. The number of aryl methyl sites for hydroxylation is 1. The molecular formula is C19H24N4O3. The largest absolute Gasteiger partial charge is 0.490 e. The van der Waals surface area contributed by atoms with E-state index in [0.717, 1.165) is 43.1 Å². The number of likely N-dealkylation sites (N-methyl/N-ethyl adjacent to an activating group) is 1. The number of aromatic nitrogens is 2. The van der Waals surface area contributed by atoms with Gasteiger partial charge < -0.3 is 19.7 Å². The van der Waals surface area contributed by atoms with Crippen LogP contribution < -0.4 is 15.0 Å². The number of amides is 1. The maximum atomic E-state index is 12.7. The van der Waals surface area contributed by atoms with E-state index in [0.29, 0.717) is 30.5 Å². The molecule has 1 aromatic heterocycles. The third-order valence-corrected chi connectivity index (χ3v) is 5.04. The number of fused-ring (bicyclic) bond motifs is 1. The van der Waals surface area contributed by atoms with E-state index in [9.17, 15) is 4.79 Å². The average molecular weight is 356 g/mol. The molecule has 0 radical (unpaired) electrons. The Morgan fingerprint density at radius 1 is 1.27 bits per heavy atom. The summed E-state index contributed by atoms with van der Waals surface area (Å²) < 4.78 is 12.9. The Morgan fingerprint density at radius 3 is 2.96 bits per heavy atom. The first-order valence-corrected chi connectivity index (χ1v) is 9.03. The molecule has 1 unspecified atom stereocenters. The summed E-state index contributed by atoms with van der Waals surface area (Å²) in [6, 6.07) is 7.47. The van der Waals surface area contributed by atoms with Crippen LogP contribution in [0.4, 0.5) is 11.5 Å². The Balaban J connectivity index is 1.51. The lowest BCUT2D eigenvalue weighted by Crippen LogP contribution is -2.29. The van der Waals surface area contributed by atoms with Crippen molar-refractivity contribution < 1.29 is 14.3 Å². The van der Waals surface area contributed by atoms with Gasteiger partial charge in [0.25, 0.3) is 5.91 Å². The van der Waals surface area contributed by atoms with Crippen LogP contribution in [0.3, 0.4) is 0 Å². The molecule has 0 spiro atoms. The third kappa shape index (κ3) is 3.26. The first-order chi connectivity index (χ1) is 12.6. The molecule has 1 N–H and O–H groups in total. The summed E-state index contributed by atoms with van der Waals surface area (Å²) in [5, 5.41) is 7.53. The van der Waals surface area contributed by atoms with Crippen molar-refractivity contribution >= 4 is 17.4 Å². The van der Waals surface area contributed by atoms with Gasteiger partial charge in [-0.3, -0.25) is 9.48 Å². The highest BCUT2D eigenvalue weighted by atomic mass is 16.5. The van der Waals surface area contributed by atoms with Crippen LogP contribution in [0.25, 0.3) is 0 Å². The van der Waals surface area contributed by atoms with Gasteiger partial charge in [0.1, 0.15) is 18.2 Å². The van der Waals surface area contributed by atoms with Gasteiger partial charge >= 0.3 is 0 Å². The second-order valence-corrected chi connectivity index (χ2v) is 6.90. The zero-order valence-corrected chi connectivity index (χ0v) is 15.2. The van der Waals surface area contributed by atoms with Crippen molar-refractivity contribution in [2.24, 2.45) is 7.05 Å². The maximum Gasteiger partial charge on any atom is 0.256 e. The monoisotopic (exact) mass is 356 g/mol. The van der Waals surface area contributed by atoms with Gasteiger partial charge in [-0.05, 0) is 31.0 Å². The van der Waals surface area contributed by atoms with Gasteiger partial charge in [0.15, 0.2) is 0 Å². The lowest BCUT2D eigenvalue weighted by molar-refractivity contribution is 0.0791. The molecule has 7 nitrogen and oxygen atoms in total. The minimum absolute atomic E-state index is 0.152. The smallest absolute Gasteiger partial charge is 0.256 e. The minimum Gasteiger partial charge on any atom is -0.490 e. The van der Waals surface area contributed by atoms with Crippen molar-refractivity contribution in [3.63, 3.8) is 0 Å².